The van der Waals surface area contributed by atoms with Crippen molar-refractivity contribution in [3.8, 4) is 22.3 Å². The smallest absolute Gasteiger partial charge is 0.0819 e. The molecule has 0 aliphatic carbocycles. The van der Waals surface area contributed by atoms with Gasteiger partial charge in [0, 0.05) is 18.4 Å². The van der Waals surface area contributed by atoms with Crippen molar-refractivity contribution in [2.75, 3.05) is 11.9 Å². The highest BCUT2D eigenvalue weighted by atomic mass is 29.3. The van der Waals surface area contributed by atoms with Crippen LogP contribution in [0.25, 0.3) is 22.3 Å². The predicted octanol–water partition coefficient (Wildman–Crippen LogP) is 6.71. The molecule has 0 atom stereocenters. The fourth-order valence-electron chi connectivity index (χ4n) is 5.08. The molecular formula is C29H31NSi2. The average molecular weight is 450 g/mol. The molecule has 4 aromatic carbocycles. The van der Waals surface area contributed by atoms with Crippen LogP contribution in [0.2, 0.25) is 26.2 Å². The molecule has 0 saturated heterocycles. The second-order valence-electron chi connectivity index (χ2n) is 10.0. The highest BCUT2D eigenvalue weighted by Crippen LogP contribution is 2.36. The zero-order valence-corrected chi connectivity index (χ0v) is 21.7. The first-order valence-corrected chi connectivity index (χ1v) is 18.4. The SMILES string of the molecule is CN1c2ccc(-c3ccccc3)cc2[Si](C)(C)[Si](C)(C)c2cc(-c3ccccc3)ccc21. The van der Waals surface area contributed by atoms with Crippen molar-refractivity contribution in [3.63, 3.8) is 0 Å². The van der Waals surface area contributed by atoms with Crippen molar-refractivity contribution in [1.82, 2.24) is 0 Å². The maximum Gasteiger partial charge on any atom is 0.0819 e. The standard InChI is InChI=1S/C29H31NSi2/c1-30-26-18-16-24(22-12-8-6-9-13-22)20-28(26)31(2,3)32(4,5)29-21-25(17-19-27(29)30)23-14-10-7-11-15-23/h6-21H,1-5H3. The molecule has 1 nitrogen and oxygen atoms in total. The van der Waals surface area contributed by atoms with Gasteiger partial charge in [0.2, 0.25) is 0 Å². The number of nitrogens with zero attached hydrogens (tertiary/aromatic N) is 1. The molecule has 0 spiro atoms. The third kappa shape index (κ3) is 3.19. The van der Waals surface area contributed by atoms with Gasteiger partial charge in [0.1, 0.15) is 0 Å². The molecule has 0 amide bonds. The van der Waals surface area contributed by atoms with Crippen LogP contribution in [-0.4, -0.2) is 22.2 Å². The van der Waals surface area contributed by atoms with E-state index in [0.29, 0.717) is 0 Å². The molecule has 1 aliphatic heterocycles. The summed E-state index contributed by atoms with van der Waals surface area (Å²) in [4.78, 5) is 2.45. The van der Waals surface area contributed by atoms with Crippen LogP contribution in [0.3, 0.4) is 0 Å². The van der Waals surface area contributed by atoms with Gasteiger partial charge in [0.15, 0.2) is 0 Å². The molecule has 3 heteroatoms. The van der Waals surface area contributed by atoms with Crippen molar-refractivity contribution >= 4 is 36.9 Å². The summed E-state index contributed by atoms with van der Waals surface area (Å²) in [5.74, 6) is 0. The van der Waals surface area contributed by atoms with Crippen LogP contribution in [0.15, 0.2) is 97.1 Å². The summed E-state index contributed by atoms with van der Waals surface area (Å²) in [6, 6.07) is 35.9. The topological polar surface area (TPSA) is 3.24 Å². The Kier molecular flexibility index (Phi) is 4.99. The Hall–Kier alpha value is -2.89. The minimum absolute atomic E-state index is 1.30. The number of benzene rings is 4. The minimum atomic E-state index is -1.77. The van der Waals surface area contributed by atoms with E-state index >= 15 is 0 Å². The second-order valence-corrected chi connectivity index (χ2v) is 25.1. The molecule has 160 valence electrons. The Labute approximate surface area is 194 Å². The van der Waals surface area contributed by atoms with Gasteiger partial charge in [-0.2, -0.15) is 0 Å². The van der Waals surface area contributed by atoms with E-state index in [9.17, 15) is 0 Å². The van der Waals surface area contributed by atoms with Crippen molar-refractivity contribution in [2.24, 2.45) is 0 Å². The summed E-state index contributed by atoms with van der Waals surface area (Å²) in [5, 5.41) is 3.19. The molecular weight excluding hydrogens is 418 g/mol. The van der Waals surface area contributed by atoms with E-state index in [1.54, 1.807) is 10.4 Å². The number of hydrogen-bond donors (Lipinski definition) is 0. The number of hydrogen-bond acceptors (Lipinski definition) is 1. The number of fused-ring (bicyclic) bond motifs is 2. The van der Waals surface area contributed by atoms with Crippen LogP contribution in [0, 0.1) is 0 Å². The first kappa shape index (κ1) is 21.0. The van der Waals surface area contributed by atoms with Crippen molar-refractivity contribution in [3.05, 3.63) is 97.1 Å². The maximum atomic E-state index is 2.60. The van der Waals surface area contributed by atoms with Gasteiger partial charge in [-0.3, -0.25) is 0 Å². The first-order valence-electron chi connectivity index (χ1n) is 11.4. The quantitative estimate of drug-likeness (QED) is 0.307. The predicted molar refractivity (Wildman–Crippen MR) is 146 cm³/mol. The summed E-state index contributed by atoms with van der Waals surface area (Å²) >= 11 is 0. The molecule has 0 fully saturated rings. The zero-order chi connectivity index (χ0) is 22.5. The lowest BCUT2D eigenvalue weighted by molar-refractivity contribution is 1.23. The Morgan fingerprint density at radius 1 is 0.469 bits per heavy atom. The van der Waals surface area contributed by atoms with Crippen LogP contribution in [0.4, 0.5) is 11.4 Å². The molecule has 0 unspecified atom stereocenters. The normalized spacial score (nSPS) is 16.1. The molecule has 1 aliphatic rings. The van der Waals surface area contributed by atoms with Gasteiger partial charge in [-0.15, -0.1) is 0 Å². The molecule has 0 N–H and O–H groups in total. The minimum Gasteiger partial charge on any atom is -0.345 e. The largest absolute Gasteiger partial charge is 0.345 e. The van der Waals surface area contributed by atoms with E-state index < -0.39 is 15.2 Å². The van der Waals surface area contributed by atoms with Gasteiger partial charge in [-0.25, -0.2) is 0 Å². The van der Waals surface area contributed by atoms with Gasteiger partial charge in [-0.05, 0) is 44.8 Å². The van der Waals surface area contributed by atoms with E-state index in [1.165, 1.54) is 33.6 Å². The maximum absolute atomic E-state index is 2.60. The molecule has 4 aromatic rings. The lowest BCUT2D eigenvalue weighted by Gasteiger charge is -2.38. The van der Waals surface area contributed by atoms with E-state index in [0.717, 1.165) is 0 Å². The van der Waals surface area contributed by atoms with Crippen LogP contribution in [0.1, 0.15) is 0 Å². The first-order chi connectivity index (χ1) is 15.3. The molecule has 0 bridgehead atoms. The fraction of sp³-hybridized carbons (Fsp3) is 0.172. The van der Waals surface area contributed by atoms with Crippen LogP contribution < -0.4 is 15.3 Å². The Bertz CT molecular complexity index is 1180. The Morgan fingerprint density at radius 3 is 1.22 bits per heavy atom. The summed E-state index contributed by atoms with van der Waals surface area (Å²) < 4.78 is 0. The van der Waals surface area contributed by atoms with Crippen molar-refractivity contribution in [1.29, 1.82) is 0 Å². The molecule has 0 saturated carbocycles. The summed E-state index contributed by atoms with van der Waals surface area (Å²) in [6.45, 7) is 10.4. The lowest BCUT2D eigenvalue weighted by Crippen LogP contribution is -2.68. The molecule has 32 heavy (non-hydrogen) atoms. The van der Waals surface area contributed by atoms with E-state index in [1.807, 2.05) is 0 Å². The van der Waals surface area contributed by atoms with Gasteiger partial charge in [0.05, 0.1) is 15.2 Å². The van der Waals surface area contributed by atoms with Gasteiger partial charge >= 0.3 is 0 Å². The van der Waals surface area contributed by atoms with E-state index in [2.05, 4.69) is 135 Å². The highest BCUT2D eigenvalue weighted by molar-refractivity contribution is 7.50. The average Bonchev–Trinajstić information content (AvgIpc) is 2.87. The van der Waals surface area contributed by atoms with Crippen molar-refractivity contribution in [2.45, 2.75) is 26.2 Å². The van der Waals surface area contributed by atoms with E-state index in [4.69, 9.17) is 0 Å². The third-order valence-electron chi connectivity index (χ3n) is 7.84. The molecule has 0 radical (unpaired) electrons. The molecule has 1 heterocycles. The van der Waals surface area contributed by atoms with Gasteiger partial charge in [-0.1, -0.05) is 111 Å². The second kappa shape index (κ2) is 7.61. The van der Waals surface area contributed by atoms with Crippen LogP contribution >= 0.6 is 0 Å². The van der Waals surface area contributed by atoms with Gasteiger partial charge < -0.3 is 4.90 Å². The van der Waals surface area contributed by atoms with Crippen LogP contribution in [0.5, 0.6) is 0 Å². The fourth-order valence-corrected chi connectivity index (χ4v) is 14.5. The summed E-state index contributed by atoms with van der Waals surface area (Å²) in [6.07, 6.45) is 0. The Balaban J connectivity index is 1.72. The Morgan fingerprint density at radius 2 is 0.844 bits per heavy atom. The summed E-state index contributed by atoms with van der Waals surface area (Å²) in [5.41, 5.74) is 8.03. The molecule has 0 aromatic heterocycles. The van der Waals surface area contributed by atoms with E-state index in [-0.39, 0.29) is 0 Å². The number of rotatable bonds is 2. The lowest BCUT2D eigenvalue weighted by atomic mass is 10.0. The highest BCUT2D eigenvalue weighted by Gasteiger charge is 2.48. The zero-order valence-electron chi connectivity index (χ0n) is 19.7. The monoisotopic (exact) mass is 449 g/mol. The molecule has 5 rings (SSSR count). The van der Waals surface area contributed by atoms with Crippen molar-refractivity contribution < 1.29 is 0 Å². The van der Waals surface area contributed by atoms with Gasteiger partial charge in [0.25, 0.3) is 0 Å². The van der Waals surface area contributed by atoms with Crippen LogP contribution in [-0.2, 0) is 0 Å². The number of anilines is 2. The third-order valence-corrected chi connectivity index (χ3v) is 25.4. The summed E-state index contributed by atoms with van der Waals surface area (Å²) in [7, 11) is -1.29.